The second-order valence-corrected chi connectivity index (χ2v) is 7.42. The van der Waals surface area contributed by atoms with Gasteiger partial charge in [0.2, 0.25) is 0 Å². The SMILES string of the molecule is COCc1ccc2c(c1)CC(c1ccc(O)cc1)C1CCCCC21. The lowest BCUT2D eigenvalue weighted by atomic mass is 9.61. The Balaban J connectivity index is 1.73. The zero-order valence-electron chi connectivity index (χ0n) is 14.4. The van der Waals surface area contributed by atoms with Gasteiger partial charge in [-0.05, 0) is 71.4 Å². The van der Waals surface area contributed by atoms with Crippen LogP contribution in [-0.4, -0.2) is 12.2 Å². The van der Waals surface area contributed by atoms with Crippen LogP contribution in [0.4, 0.5) is 0 Å². The molecule has 0 saturated heterocycles. The summed E-state index contributed by atoms with van der Waals surface area (Å²) in [6.07, 6.45) is 6.46. The molecule has 0 heterocycles. The first-order chi connectivity index (χ1) is 11.8. The van der Waals surface area contributed by atoms with Crippen LogP contribution in [0.25, 0.3) is 0 Å². The number of fused-ring (bicyclic) bond motifs is 3. The van der Waals surface area contributed by atoms with Crippen molar-refractivity contribution >= 4 is 0 Å². The van der Waals surface area contributed by atoms with E-state index in [-0.39, 0.29) is 0 Å². The van der Waals surface area contributed by atoms with Crippen molar-refractivity contribution in [3.05, 3.63) is 64.7 Å². The van der Waals surface area contributed by atoms with Gasteiger partial charge in [0.15, 0.2) is 0 Å². The highest BCUT2D eigenvalue weighted by atomic mass is 16.5. The van der Waals surface area contributed by atoms with Crippen LogP contribution in [0.2, 0.25) is 0 Å². The summed E-state index contributed by atoms with van der Waals surface area (Å²) in [5.74, 6) is 2.36. The average Bonchev–Trinajstić information content (AvgIpc) is 2.62. The minimum Gasteiger partial charge on any atom is -0.508 e. The molecule has 2 aliphatic rings. The lowest BCUT2D eigenvalue weighted by molar-refractivity contribution is 0.184. The van der Waals surface area contributed by atoms with Crippen molar-refractivity contribution in [3.63, 3.8) is 0 Å². The Labute approximate surface area is 144 Å². The highest BCUT2D eigenvalue weighted by Crippen LogP contribution is 2.51. The highest BCUT2D eigenvalue weighted by Gasteiger charge is 2.38. The second-order valence-electron chi connectivity index (χ2n) is 7.42. The van der Waals surface area contributed by atoms with E-state index in [1.54, 1.807) is 12.7 Å². The number of hydrogen-bond acceptors (Lipinski definition) is 2. The fourth-order valence-electron chi connectivity index (χ4n) is 4.96. The predicted molar refractivity (Wildman–Crippen MR) is 96.4 cm³/mol. The van der Waals surface area contributed by atoms with Crippen molar-refractivity contribution in [3.8, 4) is 5.75 Å². The van der Waals surface area contributed by atoms with Gasteiger partial charge in [-0.15, -0.1) is 0 Å². The lowest BCUT2D eigenvalue weighted by Crippen LogP contribution is -2.31. The Bertz CT molecular complexity index is 704. The van der Waals surface area contributed by atoms with Gasteiger partial charge in [0, 0.05) is 7.11 Å². The van der Waals surface area contributed by atoms with Crippen LogP contribution >= 0.6 is 0 Å². The van der Waals surface area contributed by atoms with Gasteiger partial charge < -0.3 is 9.84 Å². The van der Waals surface area contributed by atoms with E-state index in [0.29, 0.717) is 24.2 Å². The summed E-state index contributed by atoms with van der Waals surface area (Å²) < 4.78 is 5.32. The molecule has 2 nitrogen and oxygen atoms in total. The molecule has 1 fully saturated rings. The highest BCUT2D eigenvalue weighted by molar-refractivity contribution is 5.41. The number of aromatic hydroxyl groups is 1. The first kappa shape index (κ1) is 15.7. The van der Waals surface area contributed by atoms with E-state index in [4.69, 9.17) is 4.74 Å². The van der Waals surface area contributed by atoms with Crippen LogP contribution in [0.3, 0.4) is 0 Å². The van der Waals surface area contributed by atoms with Crippen LogP contribution < -0.4 is 0 Å². The van der Waals surface area contributed by atoms with Crippen LogP contribution in [-0.2, 0) is 17.8 Å². The van der Waals surface area contributed by atoms with Gasteiger partial charge >= 0.3 is 0 Å². The molecule has 3 atom stereocenters. The Morgan fingerprint density at radius 1 is 1.00 bits per heavy atom. The lowest BCUT2D eigenvalue weighted by Gasteiger charge is -2.43. The van der Waals surface area contributed by atoms with E-state index in [1.807, 2.05) is 12.1 Å². The number of hydrogen-bond donors (Lipinski definition) is 1. The van der Waals surface area contributed by atoms with Crippen molar-refractivity contribution in [2.45, 2.75) is 50.5 Å². The average molecular weight is 322 g/mol. The molecule has 4 rings (SSSR count). The number of rotatable bonds is 3. The Hall–Kier alpha value is -1.80. The summed E-state index contributed by atoms with van der Waals surface area (Å²) in [5, 5.41) is 9.63. The topological polar surface area (TPSA) is 29.5 Å². The standard InChI is InChI=1S/C22H26O2/c1-24-14-15-6-11-19-17(12-15)13-22(16-7-9-18(23)10-8-16)21-5-3-2-4-20(19)21/h6-12,20-23H,2-5,13-14H2,1H3. The fourth-order valence-corrected chi connectivity index (χ4v) is 4.96. The molecule has 2 aliphatic carbocycles. The Morgan fingerprint density at radius 2 is 1.79 bits per heavy atom. The molecule has 0 aromatic heterocycles. The van der Waals surface area contributed by atoms with Crippen molar-refractivity contribution in [1.29, 1.82) is 0 Å². The van der Waals surface area contributed by atoms with E-state index in [9.17, 15) is 5.11 Å². The van der Waals surface area contributed by atoms with Gasteiger partial charge in [0.1, 0.15) is 5.75 Å². The molecule has 1 saturated carbocycles. The van der Waals surface area contributed by atoms with E-state index >= 15 is 0 Å². The van der Waals surface area contributed by atoms with E-state index in [2.05, 4.69) is 30.3 Å². The van der Waals surface area contributed by atoms with Gasteiger partial charge in [0.05, 0.1) is 6.61 Å². The van der Waals surface area contributed by atoms with Gasteiger partial charge in [-0.25, -0.2) is 0 Å². The molecule has 0 aliphatic heterocycles. The molecule has 2 aromatic carbocycles. The minimum atomic E-state index is 0.359. The smallest absolute Gasteiger partial charge is 0.115 e. The van der Waals surface area contributed by atoms with Gasteiger partial charge in [-0.2, -0.15) is 0 Å². The zero-order valence-corrected chi connectivity index (χ0v) is 14.4. The molecule has 2 aromatic rings. The zero-order chi connectivity index (χ0) is 16.5. The summed E-state index contributed by atoms with van der Waals surface area (Å²) in [5.41, 5.74) is 5.74. The molecular formula is C22H26O2. The van der Waals surface area contributed by atoms with E-state index < -0.39 is 0 Å². The second kappa shape index (κ2) is 6.60. The molecule has 0 amide bonds. The maximum atomic E-state index is 9.63. The third-order valence-corrected chi connectivity index (χ3v) is 6.02. The predicted octanol–water partition coefficient (Wildman–Crippen LogP) is 5.15. The van der Waals surface area contributed by atoms with Crippen molar-refractivity contribution in [2.75, 3.05) is 7.11 Å². The number of phenolic OH excluding ortho intramolecular Hbond substituents is 1. The van der Waals surface area contributed by atoms with Crippen molar-refractivity contribution in [1.82, 2.24) is 0 Å². The fraction of sp³-hybridized carbons (Fsp3) is 0.455. The molecule has 3 unspecified atom stereocenters. The van der Waals surface area contributed by atoms with Crippen LogP contribution in [0, 0.1) is 5.92 Å². The number of ether oxygens (including phenoxy) is 1. The molecular weight excluding hydrogens is 296 g/mol. The maximum Gasteiger partial charge on any atom is 0.115 e. The summed E-state index contributed by atoms with van der Waals surface area (Å²) in [7, 11) is 1.76. The normalized spacial score (nSPS) is 25.8. The molecule has 24 heavy (non-hydrogen) atoms. The van der Waals surface area contributed by atoms with Crippen LogP contribution in [0.15, 0.2) is 42.5 Å². The molecule has 1 N–H and O–H groups in total. The summed E-state index contributed by atoms with van der Waals surface area (Å²) in [4.78, 5) is 0. The maximum absolute atomic E-state index is 9.63. The monoisotopic (exact) mass is 322 g/mol. The van der Waals surface area contributed by atoms with Crippen LogP contribution in [0.5, 0.6) is 5.75 Å². The number of methoxy groups -OCH3 is 1. The first-order valence-corrected chi connectivity index (χ1v) is 9.16. The molecule has 0 bridgehead atoms. The molecule has 0 radical (unpaired) electrons. The van der Waals surface area contributed by atoms with E-state index in [1.165, 1.54) is 42.4 Å². The number of phenols is 1. The molecule has 0 spiro atoms. The largest absolute Gasteiger partial charge is 0.508 e. The van der Waals surface area contributed by atoms with Gasteiger partial charge in [0.25, 0.3) is 0 Å². The van der Waals surface area contributed by atoms with Crippen molar-refractivity contribution in [2.24, 2.45) is 5.92 Å². The molecule has 2 heteroatoms. The van der Waals surface area contributed by atoms with E-state index in [0.717, 1.165) is 12.3 Å². The Morgan fingerprint density at radius 3 is 2.58 bits per heavy atom. The third-order valence-electron chi connectivity index (χ3n) is 6.02. The Kier molecular flexibility index (Phi) is 4.32. The first-order valence-electron chi connectivity index (χ1n) is 9.16. The quantitative estimate of drug-likeness (QED) is 0.846. The number of benzene rings is 2. The summed E-state index contributed by atoms with van der Waals surface area (Å²) in [6, 6.07) is 14.9. The van der Waals surface area contributed by atoms with Crippen molar-refractivity contribution < 1.29 is 9.84 Å². The third kappa shape index (κ3) is 2.84. The van der Waals surface area contributed by atoms with Gasteiger partial charge in [-0.1, -0.05) is 43.2 Å². The molecule has 126 valence electrons. The summed E-state index contributed by atoms with van der Waals surface area (Å²) >= 11 is 0. The van der Waals surface area contributed by atoms with Crippen LogP contribution in [0.1, 0.15) is 59.8 Å². The summed E-state index contributed by atoms with van der Waals surface area (Å²) in [6.45, 7) is 0.686. The van der Waals surface area contributed by atoms with Gasteiger partial charge in [-0.3, -0.25) is 0 Å². The minimum absolute atomic E-state index is 0.359.